The van der Waals surface area contributed by atoms with Gasteiger partial charge in [0.2, 0.25) is 17.7 Å². The number of nitrogens with zero attached hydrogens (tertiary/aromatic N) is 3. The number of hydrogen-bond acceptors (Lipinski definition) is 5. The minimum atomic E-state index is -1.30. The highest BCUT2D eigenvalue weighted by atomic mass is 16.5. The van der Waals surface area contributed by atoms with E-state index in [1.54, 1.807) is 9.80 Å². The number of para-hydroxylation sites is 1. The van der Waals surface area contributed by atoms with Crippen LogP contribution in [-0.4, -0.2) is 81.7 Å². The van der Waals surface area contributed by atoms with Crippen molar-refractivity contribution in [3.05, 3.63) is 54.6 Å². The second-order valence-electron chi connectivity index (χ2n) is 13.7. The predicted octanol–water partition coefficient (Wildman–Crippen LogP) is 3.56. The van der Waals surface area contributed by atoms with Crippen molar-refractivity contribution >= 4 is 23.4 Å². The number of fused-ring (bicyclic) bond motifs is 2. The zero-order valence-corrected chi connectivity index (χ0v) is 24.6. The molecule has 1 aromatic carbocycles. The third-order valence-corrected chi connectivity index (χ3v) is 8.88. The minimum Gasteiger partial charge on any atom is -0.396 e. The number of aliphatic hydroxyl groups excluding tert-OH is 1. The van der Waals surface area contributed by atoms with Crippen molar-refractivity contribution in [1.29, 1.82) is 0 Å². The molecule has 4 heterocycles. The van der Waals surface area contributed by atoms with Crippen LogP contribution < -0.4 is 4.90 Å². The molecule has 0 saturated carbocycles. The van der Waals surface area contributed by atoms with E-state index >= 15 is 0 Å². The van der Waals surface area contributed by atoms with Crippen molar-refractivity contribution in [2.45, 2.75) is 77.2 Å². The fourth-order valence-corrected chi connectivity index (χ4v) is 7.78. The molecule has 1 N–H and O–H groups in total. The van der Waals surface area contributed by atoms with Crippen molar-refractivity contribution in [1.82, 2.24) is 9.80 Å². The Hall–Kier alpha value is -2.97. The van der Waals surface area contributed by atoms with Gasteiger partial charge >= 0.3 is 0 Å². The Balaban J connectivity index is 1.61. The summed E-state index contributed by atoms with van der Waals surface area (Å²) in [5.41, 5.74) is -2.12. The SMILES string of the molecule is CC(C)(C)CC(C)(C)N1CC=C[C@]23O[C@@]4(C)C=CCN(c5ccccc5)C(=O)[C@H]4[C@H]2C(=O)N(CCCO)C3C1=O. The number of carbonyl (C=O) groups excluding carboxylic acids is 3. The van der Waals surface area contributed by atoms with Gasteiger partial charge in [0.1, 0.15) is 11.6 Å². The van der Waals surface area contributed by atoms with E-state index in [0.29, 0.717) is 19.5 Å². The van der Waals surface area contributed by atoms with Gasteiger partial charge in [-0.3, -0.25) is 14.4 Å². The molecule has 5 atom stereocenters. The molecule has 3 amide bonds. The summed E-state index contributed by atoms with van der Waals surface area (Å²) in [7, 11) is 0. The molecule has 1 unspecified atom stereocenters. The van der Waals surface area contributed by atoms with Crippen LogP contribution in [-0.2, 0) is 19.1 Å². The van der Waals surface area contributed by atoms with Crippen molar-refractivity contribution in [2.75, 3.05) is 31.1 Å². The summed E-state index contributed by atoms with van der Waals surface area (Å²) in [6.45, 7) is 13.3. The first-order chi connectivity index (χ1) is 18.8. The van der Waals surface area contributed by atoms with Gasteiger partial charge < -0.3 is 24.5 Å². The van der Waals surface area contributed by atoms with E-state index in [1.807, 2.05) is 66.5 Å². The van der Waals surface area contributed by atoms with Gasteiger partial charge in [-0.05, 0) is 51.2 Å². The Labute approximate surface area is 237 Å². The quantitative estimate of drug-likeness (QED) is 0.548. The lowest BCUT2D eigenvalue weighted by atomic mass is 9.74. The highest BCUT2D eigenvalue weighted by Gasteiger charge is 2.75. The summed E-state index contributed by atoms with van der Waals surface area (Å²) in [6.07, 6.45) is 8.75. The van der Waals surface area contributed by atoms with E-state index in [-0.39, 0.29) is 36.3 Å². The number of hydrogen-bond donors (Lipinski definition) is 1. The first-order valence-corrected chi connectivity index (χ1v) is 14.4. The molecule has 2 saturated heterocycles. The lowest BCUT2D eigenvalue weighted by Gasteiger charge is -2.44. The molecular formula is C32H43N3O5. The lowest BCUT2D eigenvalue weighted by Crippen LogP contribution is -2.60. The number of ether oxygens (including phenoxy) is 1. The van der Waals surface area contributed by atoms with Gasteiger partial charge in [-0.1, -0.05) is 63.3 Å². The number of benzene rings is 1. The standard InChI is InChI=1S/C32H43N3O5/c1-29(2,3)21-30(4,5)35-19-11-16-32-24(27(38)34(18-12-20-36)25(32)28(35)39)23-26(37)33(22-13-8-7-9-14-22)17-10-15-31(23,6)40-32/h7-11,13-16,23-25,36H,12,17-21H2,1-6H3/t23-,24+,25?,31+,32+/m1/s1. The van der Waals surface area contributed by atoms with E-state index in [1.165, 1.54) is 0 Å². The molecule has 2 fully saturated rings. The number of rotatable bonds is 6. The second-order valence-corrected chi connectivity index (χ2v) is 13.7. The highest BCUT2D eigenvalue weighted by molar-refractivity contribution is 6.04. The normalized spacial score (nSPS) is 32.2. The Morgan fingerprint density at radius 3 is 2.25 bits per heavy atom. The summed E-state index contributed by atoms with van der Waals surface area (Å²) in [5, 5.41) is 9.66. The molecule has 0 aliphatic carbocycles. The van der Waals surface area contributed by atoms with E-state index in [4.69, 9.17) is 4.74 Å². The largest absolute Gasteiger partial charge is 0.396 e. The number of aliphatic hydroxyl groups is 1. The van der Waals surface area contributed by atoms with Crippen LogP contribution in [0.4, 0.5) is 5.69 Å². The molecule has 0 aromatic heterocycles. The van der Waals surface area contributed by atoms with Crippen LogP contribution in [0.3, 0.4) is 0 Å². The maximum Gasteiger partial charge on any atom is 0.249 e. The minimum absolute atomic E-state index is 0.0231. The third-order valence-electron chi connectivity index (χ3n) is 8.88. The van der Waals surface area contributed by atoms with E-state index in [0.717, 1.165) is 12.1 Å². The van der Waals surface area contributed by atoms with Crippen molar-refractivity contribution in [2.24, 2.45) is 17.3 Å². The number of amides is 3. The van der Waals surface area contributed by atoms with Gasteiger partial charge in [0.25, 0.3) is 0 Å². The highest BCUT2D eigenvalue weighted by Crippen LogP contribution is 2.58. The first kappa shape index (κ1) is 28.6. The Morgan fingerprint density at radius 2 is 1.60 bits per heavy atom. The summed E-state index contributed by atoms with van der Waals surface area (Å²) < 4.78 is 6.90. The molecule has 8 heteroatoms. The Bertz CT molecular complexity index is 1230. The van der Waals surface area contributed by atoms with Crippen LogP contribution in [0, 0.1) is 17.3 Å². The van der Waals surface area contributed by atoms with Gasteiger partial charge in [0.15, 0.2) is 0 Å². The van der Waals surface area contributed by atoms with Crippen LogP contribution in [0.2, 0.25) is 0 Å². The summed E-state index contributed by atoms with van der Waals surface area (Å²) in [6, 6.07) is 8.52. The fourth-order valence-electron chi connectivity index (χ4n) is 7.78. The zero-order valence-electron chi connectivity index (χ0n) is 24.6. The first-order valence-electron chi connectivity index (χ1n) is 14.4. The number of carbonyl (C=O) groups is 3. The van der Waals surface area contributed by atoms with E-state index < -0.39 is 34.6 Å². The molecule has 0 bridgehead atoms. The summed E-state index contributed by atoms with van der Waals surface area (Å²) in [4.78, 5) is 48.4. The van der Waals surface area contributed by atoms with Crippen molar-refractivity contribution in [3.8, 4) is 0 Å². The topological polar surface area (TPSA) is 90.4 Å². The molecular weight excluding hydrogens is 506 g/mol. The average Bonchev–Trinajstić information content (AvgIpc) is 3.12. The average molecular weight is 550 g/mol. The van der Waals surface area contributed by atoms with Crippen LogP contribution in [0.5, 0.6) is 0 Å². The van der Waals surface area contributed by atoms with Gasteiger partial charge in [0, 0.05) is 37.5 Å². The van der Waals surface area contributed by atoms with Gasteiger partial charge in [0.05, 0.1) is 17.4 Å². The summed E-state index contributed by atoms with van der Waals surface area (Å²) >= 11 is 0. The summed E-state index contributed by atoms with van der Waals surface area (Å²) in [5.74, 6) is -2.31. The molecule has 4 aliphatic heterocycles. The van der Waals surface area contributed by atoms with Gasteiger partial charge in [-0.2, -0.15) is 0 Å². The molecule has 40 heavy (non-hydrogen) atoms. The van der Waals surface area contributed by atoms with Gasteiger partial charge in [-0.25, -0.2) is 0 Å². The van der Waals surface area contributed by atoms with Gasteiger partial charge in [-0.15, -0.1) is 0 Å². The Morgan fingerprint density at radius 1 is 0.925 bits per heavy atom. The molecule has 1 spiro atoms. The predicted molar refractivity (Wildman–Crippen MR) is 153 cm³/mol. The molecule has 0 radical (unpaired) electrons. The number of anilines is 1. The maximum atomic E-state index is 14.6. The molecule has 216 valence electrons. The molecule has 5 rings (SSSR count). The molecule has 1 aromatic rings. The van der Waals surface area contributed by atoms with Crippen LogP contribution >= 0.6 is 0 Å². The van der Waals surface area contributed by atoms with Crippen molar-refractivity contribution < 1.29 is 24.2 Å². The second kappa shape index (κ2) is 9.84. The van der Waals surface area contributed by atoms with Crippen LogP contribution in [0.25, 0.3) is 0 Å². The lowest BCUT2D eigenvalue weighted by molar-refractivity contribution is -0.155. The Kier molecular flexibility index (Phi) is 7.02. The zero-order chi connectivity index (χ0) is 29.1. The van der Waals surface area contributed by atoms with Crippen LogP contribution in [0.1, 0.15) is 54.4 Å². The molecule has 8 nitrogen and oxygen atoms in total. The fraction of sp³-hybridized carbons (Fsp3) is 0.594. The third kappa shape index (κ3) is 4.49. The van der Waals surface area contributed by atoms with Crippen molar-refractivity contribution in [3.63, 3.8) is 0 Å². The number of likely N-dealkylation sites (tertiary alicyclic amines) is 1. The monoisotopic (exact) mass is 549 g/mol. The smallest absolute Gasteiger partial charge is 0.249 e. The van der Waals surface area contributed by atoms with E-state index in [9.17, 15) is 19.5 Å². The van der Waals surface area contributed by atoms with E-state index in [2.05, 4.69) is 34.6 Å². The maximum absolute atomic E-state index is 14.6. The molecule has 4 aliphatic rings. The van der Waals surface area contributed by atoms with Crippen LogP contribution in [0.15, 0.2) is 54.6 Å².